The van der Waals surface area contributed by atoms with Crippen molar-refractivity contribution in [2.24, 2.45) is 0 Å². The second-order valence-corrected chi connectivity index (χ2v) is 13.6. The van der Waals surface area contributed by atoms with Gasteiger partial charge in [-0.2, -0.15) is 9.88 Å². The van der Waals surface area contributed by atoms with E-state index in [1.807, 2.05) is 0 Å². The molecule has 1 aromatic carbocycles. The number of nitrogens with zero attached hydrogens (tertiary/aromatic N) is 3. The largest absolute Gasteiger partial charge is 0.530 e. The van der Waals surface area contributed by atoms with Crippen molar-refractivity contribution in [3.8, 4) is 17.6 Å². The Morgan fingerprint density at radius 2 is 1.66 bits per heavy atom. The molecule has 1 unspecified atom stereocenters. The Hall–Kier alpha value is -4.18. The average Bonchev–Trinajstić information content (AvgIpc) is 2.83. The van der Waals surface area contributed by atoms with Crippen molar-refractivity contribution in [1.82, 2.24) is 9.55 Å². The lowest BCUT2D eigenvalue weighted by Gasteiger charge is -2.35. The number of hydrogen-bond donors (Lipinski definition) is 1. The number of carboxylic acids is 1. The van der Waals surface area contributed by atoms with E-state index in [0.29, 0.717) is 16.2 Å². The summed E-state index contributed by atoms with van der Waals surface area (Å²) >= 11 is 0. The summed E-state index contributed by atoms with van der Waals surface area (Å²) in [5.41, 5.74) is -3.59. The summed E-state index contributed by atoms with van der Waals surface area (Å²) in [7, 11) is -4.02. The molecule has 0 fully saturated rings. The van der Waals surface area contributed by atoms with E-state index in [4.69, 9.17) is 23.0 Å². The molecule has 1 N–H and O–H groups in total. The number of carbonyl (C=O) groups excluding carboxylic acids is 2. The first kappa shape index (κ1) is 34.3. The zero-order valence-corrected chi connectivity index (χ0v) is 26.7. The van der Waals surface area contributed by atoms with Gasteiger partial charge in [0, 0.05) is 18.2 Å². The molecule has 1 atom stereocenters. The highest BCUT2D eigenvalue weighted by molar-refractivity contribution is 7.49. The van der Waals surface area contributed by atoms with Gasteiger partial charge < -0.3 is 19.1 Å². The quantitative estimate of drug-likeness (QED) is 0.250. The van der Waals surface area contributed by atoms with Crippen LogP contribution in [0.25, 0.3) is 0 Å². The fourth-order valence-corrected chi connectivity index (χ4v) is 5.31. The minimum atomic E-state index is -4.02. The van der Waals surface area contributed by atoms with Crippen LogP contribution in [0.4, 0.5) is 15.4 Å². The highest BCUT2D eigenvalue weighted by Crippen LogP contribution is 2.60. The molecule has 3 rings (SSSR count). The number of rotatable bonds is 6. The second kappa shape index (κ2) is 12.8. The van der Waals surface area contributed by atoms with Crippen LogP contribution in [0.5, 0.6) is 5.75 Å². The molecular formula is C29H36N3O11P. The molecule has 44 heavy (non-hydrogen) atoms. The van der Waals surface area contributed by atoms with Crippen LogP contribution < -0.4 is 15.1 Å². The fraction of sp³-hybridized carbons (Fsp3) is 0.483. The molecule has 2 heterocycles. The lowest BCUT2D eigenvalue weighted by atomic mass is 9.98. The molecule has 2 aromatic rings. The lowest BCUT2D eigenvalue weighted by Crippen LogP contribution is -2.45. The minimum Gasteiger partial charge on any atom is -0.480 e. The second-order valence-electron chi connectivity index (χ2n) is 12.1. The number of phosphoric ester groups is 1. The summed E-state index contributed by atoms with van der Waals surface area (Å²) in [5.74, 6) is 3.90. The Balaban J connectivity index is 1.94. The average molecular weight is 634 g/mol. The van der Waals surface area contributed by atoms with Crippen LogP contribution in [0.1, 0.15) is 72.9 Å². The maximum atomic E-state index is 13.2. The zero-order chi connectivity index (χ0) is 33.1. The normalized spacial score (nSPS) is 17.3. The number of aromatic nitrogens is 2. The molecule has 1 aromatic heterocycles. The fourth-order valence-electron chi connectivity index (χ4n) is 3.79. The Bertz CT molecular complexity index is 1580. The van der Waals surface area contributed by atoms with E-state index in [1.165, 1.54) is 0 Å². The van der Waals surface area contributed by atoms with Crippen LogP contribution in [0.2, 0.25) is 0 Å². The van der Waals surface area contributed by atoms with Gasteiger partial charge in [-0.1, -0.05) is 30.0 Å². The number of carbonyl (C=O) groups is 3. The number of anilines is 1. The topological polar surface area (TPSA) is 173 Å². The maximum Gasteiger partial charge on any atom is 0.530 e. The summed E-state index contributed by atoms with van der Waals surface area (Å²) in [6, 6.07) is 6.97. The molecule has 1 aliphatic heterocycles. The van der Waals surface area contributed by atoms with Crippen molar-refractivity contribution >= 4 is 31.8 Å². The third kappa shape index (κ3) is 9.16. The Kier molecular flexibility index (Phi) is 9.99. The molecule has 0 saturated heterocycles. The standard InChI is InChI=1S/C29H36N3O11P/c1-27(2,3)40-25(36)32(26(37)41-28(4,5)6)23-19(17-31(18-22(33)34)24(35)30-23)13-11-12-16-39-44(38)42-21-15-10-9-14-20(21)29(7,8)43-44/h9-10,14-15,17H,12,16,18H2,1-8H3,(H,33,34). The van der Waals surface area contributed by atoms with Crippen molar-refractivity contribution in [3.05, 3.63) is 52.1 Å². The van der Waals surface area contributed by atoms with E-state index in [1.54, 1.807) is 79.7 Å². The van der Waals surface area contributed by atoms with Gasteiger partial charge in [-0.25, -0.2) is 18.9 Å². The molecule has 0 radical (unpaired) electrons. The van der Waals surface area contributed by atoms with E-state index in [9.17, 15) is 28.8 Å². The van der Waals surface area contributed by atoms with Gasteiger partial charge in [-0.05, 0) is 61.5 Å². The van der Waals surface area contributed by atoms with E-state index >= 15 is 0 Å². The number of para-hydroxylation sites is 1. The van der Waals surface area contributed by atoms with Crippen LogP contribution in [-0.4, -0.2) is 50.6 Å². The smallest absolute Gasteiger partial charge is 0.480 e. The number of phosphoric acid groups is 1. The molecule has 1 aliphatic rings. The molecule has 0 saturated carbocycles. The van der Waals surface area contributed by atoms with Crippen LogP contribution in [0, 0.1) is 11.8 Å². The number of imide groups is 1. The summed E-state index contributed by atoms with van der Waals surface area (Å²) < 4.78 is 41.3. The van der Waals surface area contributed by atoms with Crippen LogP contribution >= 0.6 is 7.82 Å². The van der Waals surface area contributed by atoms with E-state index in [0.717, 1.165) is 10.8 Å². The minimum absolute atomic E-state index is 0.0604. The van der Waals surface area contributed by atoms with Crippen LogP contribution in [-0.2, 0) is 40.0 Å². The number of ether oxygens (including phenoxy) is 2. The first-order valence-electron chi connectivity index (χ1n) is 13.5. The molecule has 238 valence electrons. The molecule has 0 bridgehead atoms. The summed E-state index contributed by atoms with van der Waals surface area (Å²) in [4.78, 5) is 54.6. The van der Waals surface area contributed by atoms with Crippen molar-refractivity contribution < 1.29 is 47.1 Å². The Morgan fingerprint density at radius 1 is 1.07 bits per heavy atom. The van der Waals surface area contributed by atoms with Crippen molar-refractivity contribution in [2.75, 3.05) is 11.5 Å². The van der Waals surface area contributed by atoms with Gasteiger partial charge in [-0.15, -0.1) is 0 Å². The van der Waals surface area contributed by atoms with Crippen LogP contribution in [0.3, 0.4) is 0 Å². The zero-order valence-electron chi connectivity index (χ0n) is 25.8. The highest BCUT2D eigenvalue weighted by atomic mass is 31.2. The molecule has 0 aliphatic carbocycles. The van der Waals surface area contributed by atoms with E-state index < -0.39 is 60.8 Å². The van der Waals surface area contributed by atoms with E-state index in [-0.39, 0.29) is 18.6 Å². The van der Waals surface area contributed by atoms with Crippen molar-refractivity contribution in [1.29, 1.82) is 0 Å². The first-order valence-corrected chi connectivity index (χ1v) is 15.0. The highest BCUT2D eigenvalue weighted by Gasteiger charge is 2.44. The Morgan fingerprint density at radius 3 is 2.23 bits per heavy atom. The maximum absolute atomic E-state index is 13.2. The van der Waals surface area contributed by atoms with Gasteiger partial charge in [-0.3, -0.25) is 18.4 Å². The van der Waals surface area contributed by atoms with Gasteiger partial charge in [0.2, 0.25) is 0 Å². The first-order chi connectivity index (χ1) is 20.2. The number of hydrogen-bond acceptors (Lipinski definition) is 11. The number of benzene rings is 1. The van der Waals surface area contributed by atoms with Gasteiger partial charge in [0.05, 0.1) is 12.2 Å². The Labute approximate surface area is 254 Å². The van der Waals surface area contributed by atoms with Crippen molar-refractivity contribution in [2.45, 2.75) is 85.2 Å². The lowest BCUT2D eigenvalue weighted by molar-refractivity contribution is -0.137. The van der Waals surface area contributed by atoms with Crippen molar-refractivity contribution in [3.63, 3.8) is 0 Å². The molecular weight excluding hydrogens is 597 g/mol. The molecule has 0 spiro atoms. The number of amides is 2. The number of carboxylic acid groups (broad SMARTS) is 1. The summed E-state index contributed by atoms with van der Waals surface area (Å²) in [6.45, 7) is 11.9. The van der Waals surface area contributed by atoms with E-state index in [2.05, 4.69) is 16.8 Å². The number of aliphatic carboxylic acids is 1. The van der Waals surface area contributed by atoms with Crippen LogP contribution in [0.15, 0.2) is 35.3 Å². The SMILES string of the molecule is CC(C)(C)OC(=O)N(C(=O)OC(C)(C)C)c1nc(=O)n(CC(=O)O)cc1C#CCCOP1(=O)Oc2ccccc2C(C)(C)O1. The van der Waals surface area contributed by atoms with Gasteiger partial charge >= 0.3 is 31.7 Å². The summed E-state index contributed by atoms with van der Waals surface area (Å²) in [6.07, 6.45) is -1.42. The molecule has 2 amide bonds. The third-order valence-corrected chi connectivity index (χ3v) is 7.03. The molecule has 15 heteroatoms. The molecule has 14 nitrogen and oxygen atoms in total. The monoisotopic (exact) mass is 633 g/mol. The summed E-state index contributed by atoms with van der Waals surface area (Å²) in [5, 5.41) is 9.24. The third-order valence-electron chi connectivity index (χ3n) is 5.43. The van der Waals surface area contributed by atoms with Gasteiger partial charge in [0.15, 0.2) is 5.82 Å². The van der Waals surface area contributed by atoms with Gasteiger partial charge in [0.25, 0.3) is 0 Å². The number of fused-ring (bicyclic) bond motifs is 1. The predicted molar refractivity (Wildman–Crippen MR) is 157 cm³/mol. The predicted octanol–water partition coefficient (Wildman–Crippen LogP) is 5.22. The van der Waals surface area contributed by atoms with Gasteiger partial charge in [0.1, 0.15) is 29.1 Å².